The van der Waals surface area contributed by atoms with Crippen LogP contribution in [0, 0.1) is 5.92 Å². The van der Waals surface area contributed by atoms with Crippen LogP contribution in [0.1, 0.15) is 45.4 Å². The second-order valence-corrected chi connectivity index (χ2v) is 5.72. The van der Waals surface area contributed by atoms with Crippen LogP contribution in [0.15, 0.2) is 12.4 Å². The fourth-order valence-corrected chi connectivity index (χ4v) is 2.77. The number of imidazole rings is 1. The third-order valence-corrected chi connectivity index (χ3v) is 3.86. The Morgan fingerprint density at radius 3 is 2.75 bits per heavy atom. The third kappa shape index (κ3) is 3.52. The van der Waals surface area contributed by atoms with E-state index in [4.69, 9.17) is 4.74 Å². The van der Waals surface area contributed by atoms with Crippen molar-refractivity contribution in [3.05, 3.63) is 18.2 Å². The summed E-state index contributed by atoms with van der Waals surface area (Å²) in [6, 6.07) is 0. The molecule has 20 heavy (non-hydrogen) atoms. The van der Waals surface area contributed by atoms with E-state index in [9.17, 15) is 4.79 Å². The topological polar surface area (TPSA) is 47.4 Å². The molecule has 0 aromatic carbocycles. The van der Waals surface area contributed by atoms with E-state index in [1.54, 1.807) is 0 Å². The molecule has 0 radical (unpaired) electrons. The Bertz CT molecular complexity index is 434. The van der Waals surface area contributed by atoms with Crippen LogP contribution in [-0.2, 0) is 11.3 Å². The zero-order valence-electron chi connectivity index (χ0n) is 12.7. The Kier molecular flexibility index (Phi) is 5.04. The summed E-state index contributed by atoms with van der Waals surface area (Å²) >= 11 is 0. The van der Waals surface area contributed by atoms with Gasteiger partial charge in [0.05, 0.1) is 6.61 Å². The van der Waals surface area contributed by atoms with Crippen molar-refractivity contribution in [2.75, 3.05) is 19.7 Å². The van der Waals surface area contributed by atoms with Crippen molar-refractivity contribution >= 4 is 6.09 Å². The maximum Gasteiger partial charge on any atom is 0.409 e. The first-order valence-corrected chi connectivity index (χ1v) is 7.54. The average Bonchev–Trinajstić information content (AvgIpc) is 2.88. The number of hydrogen-bond acceptors (Lipinski definition) is 3. The predicted molar refractivity (Wildman–Crippen MR) is 77.6 cm³/mol. The molecule has 0 unspecified atom stereocenters. The van der Waals surface area contributed by atoms with Crippen LogP contribution in [0.4, 0.5) is 4.79 Å². The molecular formula is C15H25N3O2. The van der Waals surface area contributed by atoms with Crippen LogP contribution in [0.5, 0.6) is 0 Å². The molecule has 112 valence electrons. The van der Waals surface area contributed by atoms with E-state index in [2.05, 4.69) is 29.6 Å². The monoisotopic (exact) mass is 279 g/mol. The lowest BCUT2D eigenvalue weighted by Crippen LogP contribution is -2.39. The summed E-state index contributed by atoms with van der Waals surface area (Å²) in [4.78, 5) is 17.9. The summed E-state index contributed by atoms with van der Waals surface area (Å²) in [6.07, 6.45) is 5.84. The highest BCUT2D eigenvalue weighted by atomic mass is 16.6. The normalized spacial score (nSPS) is 16.7. The van der Waals surface area contributed by atoms with Gasteiger partial charge >= 0.3 is 6.09 Å². The molecule has 1 fully saturated rings. The van der Waals surface area contributed by atoms with Crippen molar-refractivity contribution in [2.45, 2.75) is 46.1 Å². The molecule has 1 saturated heterocycles. The van der Waals surface area contributed by atoms with Gasteiger partial charge in [-0.1, -0.05) is 13.8 Å². The molecule has 0 spiro atoms. The number of nitrogens with zero attached hydrogens (tertiary/aromatic N) is 3. The highest BCUT2D eigenvalue weighted by Crippen LogP contribution is 2.22. The number of aromatic nitrogens is 2. The van der Waals surface area contributed by atoms with Crippen LogP contribution >= 0.6 is 0 Å². The number of rotatable bonds is 4. The van der Waals surface area contributed by atoms with E-state index < -0.39 is 0 Å². The summed E-state index contributed by atoms with van der Waals surface area (Å²) in [5.74, 6) is 2.22. The highest BCUT2D eigenvalue weighted by molar-refractivity contribution is 5.67. The van der Waals surface area contributed by atoms with Crippen molar-refractivity contribution in [2.24, 2.45) is 5.92 Å². The lowest BCUT2D eigenvalue weighted by molar-refractivity contribution is 0.0899. The lowest BCUT2D eigenvalue weighted by Gasteiger charge is -2.31. The summed E-state index contributed by atoms with van der Waals surface area (Å²) in [5, 5.41) is 0. The quantitative estimate of drug-likeness (QED) is 0.851. The van der Waals surface area contributed by atoms with Crippen LogP contribution in [0.2, 0.25) is 0 Å². The molecule has 2 heterocycles. The molecule has 0 saturated carbocycles. The molecule has 0 atom stereocenters. The Morgan fingerprint density at radius 1 is 1.45 bits per heavy atom. The molecule has 1 aromatic rings. The number of likely N-dealkylation sites (tertiary alicyclic amines) is 1. The molecule has 2 rings (SSSR count). The van der Waals surface area contributed by atoms with E-state index in [1.807, 2.05) is 18.0 Å². The van der Waals surface area contributed by atoms with Gasteiger partial charge in [0, 0.05) is 37.9 Å². The van der Waals surface area contributed by atoms with Gasteiger partial charge < -0.3 is 14.2 Å². The molecule has 1 amide bonds. The second-order valence-electron chi connectivity index (χ2n) is 5.72. The minimum absolute atomic E-state index is 0.170. The number of ether oxygens (including phenoxy) is 1. The van der Waals surface area contributed by atoms with E-state index in [1.165, 1.54) is 0 Å². The number of hydrogen-bond donors (Lipinski definition) is 0. The molecule has 0 bridgehead atoms. The molecule has 1 aromatic heterocycles. The summed E-state index contributed by atoms with van der Waals surface area (Å²) in [5.41, 5.74) is 0. The van der Waals surface area contributed by atoms with Crippen molar-refractivity contribution in [1.82, 2.24) is 14.5 Å². The van der Waals surface area contributed by atoms with Crippen LogP contribution in [0.25, 0.3) is 0 Å². The molecule has 1 aliphatic rings. The summed E-state index contributed by atoms with van der Waals surface area (Å²) < 4.78 is 7.30. The van der Waals surface area contributed by atoms with Crippen LogP contribution in [0.3, 0.4) is 0 Å². The predicted octanol–water partition coefficient (Wildman–Crippen LogP) is 2.88. The number of piperidine rings is 1. The van der Waals surface area contributed by atoms with Gasteiger partial charge in [-0.05, 0) is 25.7 Å². The van der Waals surface area contributed by atoms with Gasteiger partial charge in [-0.25, -0.2) is 9.78 Å². The van der Waals surface area contributed by atoms with Gasteiger partial charge in [-0.15, -0.1) is 0 Å². The Morgan fingerprint density at radius 2 is 2.15 bits per heavy atom. The van der Waals surface area contributed by atoms with Crippen molar-refractivity contribution < 1.29 is 9.53 Å². The highest BCUT2D eigenvalue weighted by Gasteiger charge is 2.24. The number of carbonyl (C=O) groups excluding carboxylic acids is 1. The SMILES string of the molecule is CCOC(=O)N1CCC(Cn2ccnc2C(C)C)CC1. The third-order valence-electron chi connectivity index (χ3n) is 3.86. The largest absolute Gasteiger partial charge is 0.450 e. The fraction of sp³-hybridized carbons (Fsp3) is 0.733. The minimum Gasteiger partial charge on any atom is -0.450 e. The minimum atomic E-state index is -0.170. The van der Waals surface area contributed by atoms with Gasteiger partial charge in [-0.3, -0.25) is 0 Å². The average molecular weight is 279 g/mol. The van der Waals surface area contributed by atoms with Gasteiger partial charge in [0.15, 0.2) is 0 Å². The lowest BCUT2D eigenvalue weighted by atomic mass is 9.97. The van der Waals surface area contributed by atoms with E-state index in [0.717, 1.165) is 38.3 Å². The van der Waals surface area contributed by atoms with Gasteiger partial charge in [0.2, 0.25) is 0 Å². The maximum absolute atomic E-state index is 11.7. The zero-order chi connectivity index (χ0) is 14.5. The van der Waals surface area contributed by atoms with Crippen molar-refractivity contribution in [3.8, 4) is 0 Å². The van der Waals surface area contributed by atoms with Crippen LogP contribution < -0.4 is 0 Å². The summed E-state index contributed by atoms with van der Waals surface area (Å²) in [6.45, 7) is 9.24. The van der Waals surface area contributed by atoms with Gasteiger partial charge in [0.25, 0.3) is 0 Å². The van der Waals surface area contributed by atoms with E-state index in [0.29, 0.717) is 18.4 Å². The Balaban J connectivity index is 1.85. The van der Waals surface area contributed by atoms with Crippen molar-refractivity contribution in [1.29, 1.82) is 0 Å². The van der Waals surface area contributed by atoms with Crippen molar-refractivity contribution in [3.63, 3.8) is 0 Å². The number of amides is 1. The first-order chi connectivity index (χ1) is 9.61. The molecule has 5 heteroatoms. The molecule has 0 aliphatic carbocycles. The zero-order valence-corrected chi connectivity index (χ0v) is 12.7. The Labute approximate surface area is 120 Å². The smallest absolute Gasteiger partial charge is 0.409 e. The molecule has 1 aliphatic heterocycles. The molecular weight excluding hydrogens is 254 g/mol. The van der Waals surface area contributed by atoms with Gasteiger partial charge in [-0.2, -0.15) is 0 Å². The standard InChI is InChI=1S/C15H25N3O2/c1-4-20-15(19)17-8-5-13(6-9-17)11-18-10-7-16-14(18)12(2)3/h7,10,12-13H,4-6,8-9,11H2,1-3H3. The second kappa shape index (κ2) is 6.77. The van der Waals surface area contributed by atoms with Crippen LogP contribution in [-0.4, -0.2) is 40.2 Å². The molecule has 5 nitrogen and oxygen atoms in total. The fourth-order valence-electron chi connectivity index (χ4n) is 2.77. The van der Waals surface area contributed by atoms with Gasteiger partial charge in [0.1, 0.15) is 5.82 Å². The molecule has 0 N–H and O–H groups in total. The van der Waals surface area contributed by atoms with E-state index in [-0.39, 0.29) is 6.09 Å². The Hall–Kier alpha value is -1.52. The summed E-state index contributed by atoms with van der Waals surface area (Å²) in [7, 11) is 0. The first kappa shape index (κ1) is 14.9. The number of carbonyl (C=O) groups is 1. The first-order valence-electron chi connectivity index (χ1n) is 7.54. The van der Waals surface area contributed by atoms with E-state index >= 15 is 0 Å². The maximum atomic E-state index is 11.7.